The molecule has 1 heterocycles. The van der Waals surface area contributed by atoms with E-state index in [2.05, 4.69) is 38.4 Å². The van der Waals surface area contributed by atoms with Gasteiger partial charge in [-0.05, 0) is 43.1 Å². The maximum Gasteiger partial charge on any atom is 0.0934 e. The Morgan fingerprint density at radius 3 is 2.60 bits per heavy atom. The van der Waals surface area contributed by atoms with Crippen LogP contribution in [0.5, 0.6) is 0 Å². The number of thiazole rings is 1. The summed E-state index contributed by atoms with van der Waals surface area (Å²) in [7, 11) is 0. The molecular weight excluding hydrogens is 264 g/mol. The first-order valence-corrected chi connectivity index (χ1v) is 8.95. The third-order valence-electron chi connectivity index (χ3n) is 5.06. The van der Waals surface area contributed by atoms with E-state index in [0.29, 0.717) is 5.41 Å². The predicted molar refractivity (Wildman–Crippen MR) is 86.3 cm³/mol. The molecule has 0 radical (unpaired) electrons. The molecule has 2 aliphatic rings. The molecule has 1 aromatic rings. The molecule has 3 heteroatoms. The van der Waals surface area contributed by atoms with Crippen molar-refractivity contribution in [3.05, 3.63) is 16.1 Å². The Bertz CT molecular complexity index is 462. The first kappa shape index (κ1) is 14.5. The van der Waals surface area contributed by atoms with Crippen LogP contribution in [-0.4, -0.2) is 18.1 Å². The lowest BCUT2D eigenvalue weighted by atomic mass is 9.79. The summed E-state index contributed by atoms with van der Waals surface area (Å²) in [6.45, 7) is 11.2. The topological polar surface area (TPSA) is 24.9 Å². The fourth-order valence-corrected chi connectivity index (χ4v) is 5.00. The van der Waals surface area contributed by atoms with Gasteiger partial charge < -0.3 is 5.32 Å². The lowest BCUT2D eigenvalue weighted by Gasteiger charge is -2.30. The largest absolute Gasteiger partial charge is 0.316 e. The second-order valence-corrected chi connectivity index (χ2v) is 8.94. The average molecular weight is 292 g/mol. The molecule has 1 aromatic heterocycles. The van der Waals surface area contributed by atoms with E-state index in [1.807, 2.05) is 11.3 Å². The van der Waals surface area contributed by atoms with E-state index in [9.17, 15) is 0 Å². The van der Waals surface area contributed by atoms with E-state index >= 15 is 0 Å². The summed E-state index contributed by atoms with van der Waals surface area (Å²) in [6.07, 6.45) is 5.54. The second-order valence-electron chi connectivity index (χ2n) is 8.00. The van der Waals surface area contributed by atoms with Crippen LogP contribution in [0.4, 0.5) is 0 Å². The van der Waals surface area contributed by atoms with Crippen molar-refractivity contribution in [2.24, 2.45) is 17.3 Å². The normalized spacial score (nSPS) is 32.4. The van der Waals surface area contributed by atoms with Gasteiger partial charge in [0.2, 0.25) is 0 Å². The molecular formula is C17H28N2S. The summed E-state index contributed by atoms with van der Waals surface area (Å²) in [5.41, 5.74) is 1.94. The van der Waals surface area contributed by atoms with E-state index in [1.165, 1.54) is 42.9 Å². The molecule has 2 fully saturated rings. The Morgan fingerprint density at radius 2 is 2.05 bits per heavy atom. The van der Waals surface area contributed by atoms with Gasteiger partial charge in [0.25, 0.3) is 0 Å². The number of nitrogens with one attached hydrogen (secondary N) is 1. The number of hydrogen-bond acceptors (Lipinski definition) is 3. The minimum Gasteiger partial charge on any atom is -0.316 e. The van der Waals surface area contributed by atoms with E-state index < -0.39 is 0 Å². The van der Waals surface area contributed by atoms with Crippen LogP contribution in [0, 0.1) is 17.3 Å². The molecule has 2 unspecified atom stereocenters. The zero-order valence-electron chi connectivity index (χ0n) is 13.3. The number of fused-ring (bicyclic) bond motifs is 1. The number of hydrogen-bond donors (Lipinski definition) is 1. The van der Waals surface area contributed by atoms with Crippen molar-refractivity contribution in [3.8, 4) is 0 Å². The maximum atomic E-state index is 4.93. The Morgan fingerprint density at radius 1 is 1.35 bits per heavy atom. The third kappa shape index (κ3) is 2.94. The Labute approximate surface area is 127 Å². The monoisotopic (exact) mass is 292 g/mol. The minimum absolute atomic E-state index is 0.182. The second kappa shape index (κ2) is 5.10. The molecule has 20 heavy (non-hydrogen) atoms. The van der Waals surface area contributed by atoms with Crippen molar-refractivity contribution >= 4 is 11.3 Å². The molecule has 2 atom stereocenters. The fraction of sp³-hybridized carbons (Fsp3) is 0.824. The Kier molecular flexibility index (Phi) is 3.70. The Balaban J connectivity index is 1.71. The molecule has 0 aliphatic heterocycles. The lowest BCUT2D eigenvalue weighted by molar-refractivity contribution is 0.250. The molecule has 0 saturated heterocycles. The van der Waals surface area contributed by atoms with Gasteiger partial charge in [0.1, 0.15) is 0 Å². The molecule has 0 aromatic carbocycles. The van der Waals surface area contributed by atoms with Crippen molar-refractivity contribution in [1.29, 1.82) is 0 Å². The average Bonchev–Trinajstić information content (AvgIpc) is 2.79. The van der Waals surface area contributed by atoms with E-state index in [-0.39, 0.29) is 5.41 Å². The van der Waals surface area contributed by atoms with Gasteiger partial charge in [-0.15, -0.1) is 11.3 Å². The van der Waals surface area contributed by atoms with Gasteiger partial charge in [0.15, 0.2) is 0 Å². The van der Waals surface area contributed by atoms with Crippen LogP contribution >= 0.6 is 11.3 Å². The molecule has 112 valence electrons. The number of aromatic nitrogens is 1. The summed E-state index contributed by atoms with van der Waals surface area (Å²) in [6, 6.07) is 0. The zero-order chi connectivity index (χ0) is 14.4. The highest BCUT2D eigenvalue weighted by atomic mass is 32.1. The number of rotatable bonds is 5. The first-order chi connectivity index (χ1) is 9.42. The van der Waals surface area contributed by atoms with Crippen LogP contribution in [-0.2, 0) is 11.8 Å². The van der Waals surface area contributed by atoms with Crippen LogP contribution in [0.2, 0.25) is 0 Å². The highest BCUT2D eigenvalue weighted by molar-refractivity contribution is 7.09. The van der Waals surface area contributed by atoms with Crippen LogP contribution in [0.3, 0.4) is 0 Å². The molecule has 1 N–H and O–H groups in total. The fourth-order valence-electron chi connectivity index (χ4n) is 3.80. The van der Waals surface area contributed by atoms with Crippen LogP contribution in [0.1, 0.15) is 57.7 Å². The molecule has 2 nitrogen and oxygen atoms in total. The quantitative estimate of drug-likeness (QED) is 0.887. The van der Waals surface area contributed by atoms with E-state index in [0.717, 1.165) is 18.4 Å². The van der Waals surface area contributed by atoms with Gasteiger partial charge in [-0.2, -0.15) is 0 Å². The van der Waals surface area contributed by atoms with Crippen molar-refractivity contribution in [1.82, 2.24) is 10.3 Å². The van der Waals surface area contributed by atoms with Gasteiger partial charge in [-0.3, -0.25) is 0 Å². The van der Waals surface area contributed by atoms with Gasteiger partial charge in [0.05, 0.1) is 10.7 Å². The zero-order valence-corrected chi connectivity index (χ0v) is 14.1. The van der Waals surface area contributed by atoms with Crippen molar-refractivity contribution in [3.63, 3.8) is 0 Å². The highest BCUT2D eigenvalue weighted by Crippen LogP contribution is 2.60. The van der Waals surface area contributed by atoms with Crippen molar-refractivity contribution in [2.75, 3.05) is 13.1 Å². The molecule has 0 bridgehead atoms. The summed E-state index contributed by atoms with van der Waals surface area (Å²) in [4.78, 5) is 4.93. The first-order valence-electron chi connectivity index (χ1n) is 8.07. The van der Waals surface area contributed by atoms with Crippen molar-refractivity contribution < 1.29 is 0 Å². The molecule has 2 aliphatic carbocycles. The van der Waals surface area contributed by atoms with E-state index in [4.69, 9.17) is 4.98 Å². The molecule has 2 saturated carbocycles. The highest BCUT2D eigenvalue weighted by Gasteiger charge is 2.53. The van der Waals surface area contributed by atoms with Crippen molar-refractivity contribution in [2.45, 2.75) is 58.8 Å². The predicted octanol–water partition coefficient (Wildman–Crippen LogP) is 4.01. The summed E-state index contributed by atoms with van der Waals surface area (Å²) < 4.78 is 0. The molecule has 3 rings (SSSR count). The van der Waals surface area contributed by atoms with Gasteiger partial charge in [-0.1, -0.05) is 27.7 Å². The standard InChI is InChI=1S/C17H28N2S/c1-5-18-11-17(7-12-6-13(12)8-17)9-15-19-14(10-20-15)16(2,3)4/h10,12-13,18H,5-9,11H2,1-4H3. The van der Waals surface area contributed by atoms with Gasteiger partial charge in [-0.25, -0.2) is 4.98 Å². The van der Waals surface area contributed by atoms with E-state index in [1.54, 1.807) is 0 Å². The van der Waals surface area contributed by atoms with Crippen LogP contribution < -0.4 is 5.32 Å². The minimum atomic E-state index is 0.182. The summed E-state index contributed by atoms with van der Waals surface area (Å²) >= 11 is 1.87. The van der Waals surface area contributed by atoms with Crippen LogP contribution in [0.15, 0.2) is 5.38 Å². The van der Waals surface area contributed by atoms with Crippen LogP contribution in [0.25, 0.3) is 0 Å². The third-order valence-corrected chi connectivity index (χ3v) is 5.90. The van der Waals surface area contributed by atoms with Gasteiger partial charge >= 0.3 is 0 Å². The smallest absolute Gasteiger partial charge is 0.0934 e. The molecule has 0 amide bonds. The molecule has 0 spiro atoms. The lowest BCUT2D eigenvalue weighted by Crippen LogP contribution is -2.35. The maximum absolute atomic E-state index is 4.93. The summed E-state index contributed by atoms with van der Waals surface area (Å²) in [5.74, 6) is 2.08. The Hall–Kier alpha value is -0.410. The SMILES string of the molecule is CCNCC1(Cc2nc(C(C)(C)C)cs2)CC2CC2C1. The van der Waals surface area contributed by atoms with Gasteiger partial charge in [0, 0.05) is 23.8 Å². The summed E-state index contributed by atoms with van der Waals surface area (Å²) in [5, 5.41) is 7.23. The number of nitrogens with zero attached hydrogens (tertiary/aromatic N) is 1.